The molecule has 0 saturated heterocycles. The van der Waals surface area contributed by atoms with Gasteiger partial charge in [-0.15, -0.1) is 0 Å². The van der Waals surface area contributed by atoms with Crippen LogP contribution in [0.3, 0.4) is 0 Å². The Bertz CT molecular complexity index is 1400. The first kappa shape index (κ1) is 24.1. The van der Waals surface area contributed by atoms with E-state index in [-0.39, 0.29) is 21.2 Å². The summed E-state index contributed by atoms with van der Waals surface area (Å²) in [5.74, 6) is -1.89. The molecule has 0 bridgehead atoms. The van der Waals surface area contributed by atoms with Crippen molar-refractivity contribution in [2.45, 2.75) is 11.8 Å². The van der Waals surface area contributed by atoms with Gasteiger partial charge in [-0.1, -0.05) is 29.8 Å². The largest absolute Gasteiger partial charge is 0.452 e. The average Bonchev–Trinajstić information content (AvgIpc) is 3.00. The lowest BCUT2D eigenvalue weighted by atomic mass is 10.2. The van der Waals surface area contributed by atoms with Gasteiger partial charge in [-0.3, -0.25) is 18.6 Å². The summed E-state index contributed by atoms with van der Waals surface area (Å²) in [6, 6.07) is 12.2. The Balaban J connectivity index is 2.06. The van der Waals surface area contributed by atoms with Gasteiger partial charge >= 0.3 is 5.97 Å². The van der Waals surface area contributed by atoms with E-state index < -0.39 is 34.1 Å². The number of nitrogens with zero attached hydrogens (tertiary/aromatic N) is 3. The van der Waals surface area contributed by atoms with Gasteiger partial charge in [0, 0.05) is 14.1 Å². The highest BCUT2D eigenvalue weighted by molar-refractivity contribution is 7.92. The third-order valence-corrected chi connectivity index (χ3v) is 7.08. The number of carbonyl (C=O) groups excluding carboxylic acids is 2. The number of ether oxygens (including phenoxy) is 1. The van der Waals surface area contributed by atoms with Crippen LogP contribution in [0.25, 0.3) is 5.69 Å². The maximum absolute atomic E-state index is 13.3. The van der Waals surface area contributed by atoms with Crippen LogP contribution in [0.1, 0.15) is 16.1 Å². The number of primary amides is 1. The van der Waals surface area contributed by atoms with Crippen LogP contribution in [-0.4, -0.2) is 43.3 Å². The molecule has 0 unspecified atom stereocenters. The number of halogens is 1. The number of sulfonamides is 1. The fourth-order valence-electron chi connectivity index (χ4n) is 3.23. The number of rotatable bonds is 7. The fraction of sp³-hybridized carbons (Fsp3) is 0.190. The minimum Gasteiger partial charge on any atom is -0.452 e. The minimum atomic E-state index is -4.28. The Morgan fingerprint density at radius 1 is 1.15 bits per heavy atom. The summed E-state index contributed by atoms with van der Waals surface area (Å²) in [5, 5.41) is -0.0756. The zero-order valence-corrected chi connectivity index (χ0v) is 19.6. The molecule has 0 aliphatic carbocycles. The summed E-state index contributed by atoms with van der Waals surface area (Å²) in [7, 11) is -1.39. The first-order valence-corrected chi connectivity index (χ1v) is 11.4. The molecule has 0 spiro atoms. The van der Waals surface area contributed by atoms with Gasteiger partial charge in [0.25, 0.3) is 21.5 Å². The summed E-state index contributed by atoms with van der Waals surface area (Å²) >= 11 is 6.01. The van der Waals surface area contributed by atoms with Gasteiger partial charge in [-0.25, -0.2) is 17.9 Å². The molecule has 12 heteroatoms. The highest BCUT2D eigenvalue weighted by Crippen LogP contribution is 2.27. The molecule has 2 N–H and O–H groups in total. The van der Waals surface area contributed by atoms with Crippen molar-refractivity contribution in [3.8, 4) is 5.69 Å². The number of amides is 1. The topological polar surface area (TPSA) is 134 Å². The normalized spacial score (nSPS) is 11.3. The van der Waals surface area contributed by atoms with Crippen LogP contribution in [-0.2, 0) is 26.6 Å². The lowest BCUT2D eigenvalue weighted by Gasteiger charge is -2.18. The number of hydrogen-bond acceptors (Lipinski definition) is 6. The summed E-state index contributed by atoms with van der Waals surface area (Å²) in [6.45, 7) is 0.935. The van der Waals surface area contributed by atoms with E-state index in [1.807, 2.05) is 0 Å². The van der Waals surface area contributed by atoms with Gasteiger partial charge in [0.15, 0.2) is 6.61 Å². The number of para-hydroxylation sites is 1. The third kappa shape index (κ3) is 4.50. The van der Waals surface area contributed by atoms with Crippen LogP contribution in [0.15, 0.2) is 58.2 Å². The summed E-state index contributed by atoms with van der Waals surface area (Å²) < 4.78 is 35.2. The monoisotopic (exact) mass is 492 g/mol. The van der Waals surface area contributed by atoms with Gasteiger partial charge in [0.2, 0.25) is 0 Å². The number of aromatic nitrogens is 2. The van der Waals surface area contributed by atoms with Crippen LogP contribution >= 0.6 is 11.6 Å². The summed E-state index contributed by atoms with van der Waals surface area (Å²) in [4.78, 5) is 36.0. The molecule has 0 fully saturated rings. The highest BCUT2D eigenvalue weighted by Gasteiger charge is 2.30. The second-order valence-electron chi connectivity index (χ2n) is 7.07. The first-order valence-electron chi connectivity index (χ1n) is 9.54. The predicted molar refractivity (Wildman–Crippen MR) is 122 cm³/mol. The number of hydrogen-bond donors (Lipinski definition) is 1. The molecule has 2 aromatic carbocycles. The highest BCUT2D eigenvalue weighted by atomic mass is 35.5. The van der Waals surface area contributed by atoms with E-state index in [2.05, 4.69) is 0 Å². The molecule has 0 aliphatic heterocycles. The molecule has 3 rings (SSSR count). The number of carbonyl (C=O) groups is 2. The van der Waals surface area contributed by atoms with Crippen molar-refractivity contribution in [2.24, 2.45) is 12.8 Å². The van der Waals surface area contributed by atoms with Crippen LogP contribution in [0.5, 0.6) is 0 Å². The van der Waals surface area contributed by atoms with Gasteiger partial charge in [0.05, 0.1) is 26.9 Å². The Morgan fingerprint density at radius 2 is 1.79 bits per heavy atom. The number of benzene rings is 2. The van der Waals surface area contributed by atoms with E-state index in [1.165, 1.54) is 23.9 Å². The smallest absolute Gasteiger partial charge is 0.340 e. The van der Waals surface area contributed by atoms with E-state index in [4.69, 9.17) is 22.1 Å². The average molecular weight is 493 g/mol. The maximum Gasteiger partial charge on any atom is 0.340 e. The number of nitrogens with two attached hydrogens (primary N) is 1. The zero-order valence-electron chi connectivity index (χ0n) is 18.0. The molecule has 1 aromatic heterocycles. The Kier molecular flexibility index (Phi) is 6.65. The van der Waals surface area contributed by atoms with E-state index in [1.54, 1.807) is 49.0 Å². The van der Waals surface area contributed by atoms with Gasteiger partial charge < -0.3 is 10.5 Å². The molecule has 1 heterocycles. The number of anilines is 1. The van der Waals surface area contributed by atoms with Crippen LogP contribution in [0.2, 0.25) is 5.02 Å². The zero-order chi connectivity index (χ0) is 24.5. The van der Waals surface area contributed by atoms with Crippen molar-refractivity contribution in [3.63, 3.8) is 0 Å². The standard InChI is InChI=1S/C21H21ClN4O6S/c1-13-19(20(28)26(24(13)2)14-7-5-4-6-8-14)25(3)33(30,31)15-9-10-17(22)16(11-15)21(29)32-12-18(23)27/h4-11H,12H2,1-3H3,(H2,23,27). The van der Waals surface area contributed by atoms with Crippen molar-refractivity contribution >= 4 is 39.2 Å². The second-order valence-corrected chi connectivity index (χ2v) is 9.44. The van der Waals surface area contributed by atoms with Crippen molar-refractivity contribution in [1.29, 1.82) is 0 Å². The van der Waals surface area contributed by atoms with Crippen LogP contribution < -0.4 is 15.6 Å². The molecule has 0 aliphatic rings. The van der Waals surface area contributed by atoms with E-state index in [0.717, 1.165) is 10.4 Å². The van der Waals surface area contributed by atoms with Crippen LogP contribution in [0, 0.1) is 6.92 Å². The molecule has 174 valence electrons. The van der Waals surface area contributed by atoms with Crippen molar-refractivity contribution in [1.82, 2.24) is 9.36 Å². The fourth-order valence-corrected chi connectivity index (χ4v) is 4.70. The predicted octanol–water partition coefficient (Wildman–Crippen LogP) is 1.61. The molecule has 33 heavy (non-hydrogen) atoms. The minimum absolute atomic E-state index is 0.0610. The Morgan fingerprint density at radius 3 is 2.39 bits per heavy atom. The van der Waals surface area contributed by atoms with E-state index >= 15 is 0 Å². The molecule has 0 radical (unpaired) electrons. The van der Waals surface area contributed by atoms with Crippen molar-refractivity contribution < 1.29 is 22.7 Å². The molecule has 0 saturated carbocycles. The van der Waals surface area contributed by atoms with Gasteiger partial charge in [0.1, 0.15) is 5.69 Å². The molecule has 3 aromatic rings. The Labute approximate surface area is 194 Å². The third-order valence-electron chi connectivity index (χ3n) is 5.00. The first-order chi connectivity index (χ1) is 15.5. The lowest BCUT2D eigenvalue weighted by molar-refractivity contribution is -0.121. The van der Waals surface area contributed by atoms with Gasteiger partial charge in [-0.2, -0.15) is 0 Å². The molecule has 10 nitrogen and oxygen atoms in total. The van der Waals surface area contributed by atoms with E-state index in [0.29, 0.717) is 11.4 Å². The van der Waals surface area contributed by atoms with Crippen LogP contribution in [0.4, 0.5) is 5.69 Å². The quantitative estimate of drug-likeness (QED) is 0.498. The molecule has 0 atom stereocenters. The summed E-state index contributed by atoms with van der Waals surface area (Å²) in [6.07, 6.45) is 0. The SMILES string of the molecule is Cc1c(N(C)S(=O)(=O)c2ccc(Cl)c(C(=O)OCC(N)=O)c2)c(=O)n(-c2ccccc2)n1C. The summed E-state index contributed by atoms with van der Waals surface area (Å²) in [5.41, 5.74) is 5.07. The Hall–Kier alpha value is -3.57. The van der Waals surface area contributed by atoms with E-state index in [9.17, 15) is 22.8 Å². The van der Waals surface area contributed by atoms with Gasteiger partial charge in [-0.05, 0) is 37.3 Å². The molecular weight excluding hydrogens is 472 g/mol. The lowest BCUT2D eigenvalue weighted by Crippen LogP contribution is -2.32. The molecule has 1 amide bonds. The number of esters is 1. The molecular formula is C21H21ClN4O6S. The van der Waals surface area contributed by atoms with Crippen molar-refractivity contribution in [3.05, 3.63) is 75.2 Å². The van der Waals surface area contributed by atoms with Crippen molar-refractivity contribution in [2.75, 3.05) is 18.0 Å². The maximum atomic E-state index is 13.3. The second kappa shape index (κ2) is 9.12.